The minimum absolute atomic E-state index is 0.268. The van der Waals surface area contributed by atoms with Crippen molar-refractivity contribution in [2.24, 2.45) is 0 Å². The van der Waals surface area contributed by atoms with Crippen LogP contribution in [0.4, 0.5) is 18.3 Å². The maximum absolute atomic E-state index is 13.5. The molecule has 0 spiro atoms. The summed E-state index contributed by atoms with van der Waals surface area (Å²) in [5.74, 6) is 0.762. The fourth-order valence-electron chi connectivity index (χ4n) is 4.28. The predicted octanol–water partition coefficient (Wildman–Crippen LogP) is 6.13. The Kier molecular flexibility index (Phi) is 5.86. The van der Waals surface area contributed by atoms with Crippen LogP contribution in [0, 0.1) is 0 Å². The van der Waals surface area contributed by atoms with Gasteiger partial charge in [-0.15, -0.1) is 0 Å². The van der Waals surface area contributed by atoms with Gasteiger partial charge in [0.05, 0.1) is 16.0 Å². The van der Waals surface area contributed by atoms with Crippen molar-refractivity contribution >= 4 is 26.7 Å². The van der Waals surface area contributed by atoms with Gasteiger partial charge in [0.15, 0.2) is 10.9 Å². The van der Waals surface area contributed by atoms with Crippen molar-refractivity contribution in [1.29, 1.82) is 0 Å². The van der Waals surface area contributed by atoms with Crippen molar-refractivity contribution in [2.45, 2.75) is 38.5 Å². The number of likely N-dealkylation sites (tertiary alicyclic amines) is 1. The van der Waals surface area contributed by atoms with E-state index in [4.69, 9.17) is 10.5 Å². The summed E-state index contributed by atoms with van der Waals surface area (Å²) in [6.07, 6.45) is -1.00. The van der Waals surface area contributed by atoms with Crippen LogP contribution in [0.3, 0.4) is 0 Å². The molecule has 2 aromatic heterocycles. The topological polar surface area (TPSA) is 77.2 Å². The quantitative estimate of drug-likeness (QED) is 0.366. The smallest absolute Gasteiger partial charge is 0.416 e. The lowest BCUT2D eigenvalue weighted by atomic mass is 10.00. The van der Waals surface area contributed by atoms with E-state index in [1.165, 1.54) is 29.8 Å². The van der Waals surface area contributed by atoms with Crippen LogP contribution in [-0.2, 0) is 12.7 Å². The van der Waals surface area contributed by atoms with E-state index < -0.39 is 11.7 Å². The largest absolute Gasteiger partial charge is 0.437 e. The number of alkyl halides is 3. The summed E-state index contributed by atoms with van der Waals surface area (Å²) in [4.78, 5) is 15.1. The summed E-state index contributed by atoms with van der Waals surface area (Å²) >= 11 is 1.35. The molecule has 0 saturated carbocycles. The molecule has 2 N–H and O–H groups in total. The molecule has 1 saturated heterocycles. The van der Waals surface area contributed by atoms with E-state index in [-0.39, 0.29) is 5.88 Å². The fourth-order valence-corrected chi connectivity index (χ4v) is 5.03. The van der Waals surface area contributed by atoms with E-state index in [0.29, 0.717) is 45.8 Å². The van der Waals surface area contributed by atoms with Gasteiger partial charge in [0.2, 0.25) is 5.88 Å². The minimum Gasteiger partial charge on any atom is -0.437 e. The van der Waals surface area contributed by atoms with Gasteiger partial charge in [-0.05, 0) is 56.1 Å². The first-order chi connectivity index (χ1) is 16.3. The number of thiazole rings is 1. The van der Waals surface area contributed by atoms with Crippen LogP contribution in [-0.4, -0.2) is 32.4 Å². The zero-order valence-corrected chi connectivity index (χ0v) is 19.2. The summed E-state index contributed by atoms with van der Waals surface area (Å²) in [6, 6.07) is 11.2. The van der Waals surface area contributed by atoms with Crippen LogP contribution in [0.15, 0.2) is 48.8 Å². The molecule has 34 heavy (non-hydrogen) atoms. The number of nitrogens with zero attached hydrogens (tertiary/aromatic N) is 4. The average Bonchev–Trinajstić information content (AvgIpc) is 3.38. The van der Waals surface area contributed by atoms with E-state index in [0.717, 1.165) is 30.2 Å². The number of benzene rings is 2. The van der Waals surface area contributed by atoms with E-state index in [2.05, 4.69) is 26.8 Å². The molecule has 1 fully saturated rings. The Morgan fingerprint density at radius 3 is 2.79 bits per heavy atom. The Morgan fingerprint density at radius 2 is 2.03 bits per heavy atom. The van der Waals surface area contributed by atoms with Gasteiger partial charge in [-0.1, -0.05) is 23.5 Å². The van der Waals surface area contributed by atoms with Gasteiger partial charge in [-0.25, -0.2) is 15.0 Å². The van der Waals surface area contributed by atoms with Crippen molar-refractivity contribution in [1.82, 2.24) is 19.9 Å². The Morgan fingerprint density at radius 1 is 1.18 bits per heavy atom. The highest BCUT2D eigenvalue weighted by atomic mass is 32.1. The molecule has 10 heteroatoms. The third-order valence-corrected chi connectivity index (χ3v) is 6.88. The molecule has 1 aliphatic heterocycles. The second-order valence-corrected chi connectivity index (χ2v) is 9.39. The summed E-state index contributed by atoms with van der Waals surface area (Å²) in [7, 11) is 0. The minimum atomic E-state index is -4.42. The van der Waals surface area contributed by atoms with Crippen LogP contribution < -0.4 is 10.5 Å². The van der Waals surface area contributed by atoms with Crippen LogP contribution in [0.1, 0.15) is 30.9 Å². The number of aromatic nitrogens is 3. The number of fused-ring (bicyclic) bond motifs is 1. The zero-order valence-electron chi connectivity index (χ0n) is 18.3. The lowest BCUT2D eigenvalue weighted by Gasteiger charge is -2.23. The molecule has 3 heterocycles. The molecule has 6 nitrogen and oxygen atoms in total. The lowest BCUT2D eigenvalue weighted by molar-refractivity contribution is -0.137. The number of anilines is 1. The number of halogens is 3. The van der Waals surface area contributed by atoms with Crippen molar-refractivity contribution in [2.75, 3.05) is 12.3 Å². The molecular formula is C24H22F3N5OS. The van der Waals surface area contributed by atoms with Crippen molar-refractivity contribution in [3.63, 3.8) is 0 Å². The lowest BCUT2D eigenvalue weighted by Crippen LogP contribution is -2.26. The van der Waals surface area contributed by atoms with Gasteiger partial charge in [0, 0.05) is 24.2 Å². The number of ether oxygens (including phenoxy) is 1. The second-order valence-electron chi connectivity index (χ2n) is 8.33. The zero-order chi connectivity index (χ0) is 23.9. The number of rotatable bonds is 5. The summed E-state index contributed by atoms with van der Waals surface area (Å²) < 4.78 is 47.2. The SMILES string of the molecule is C[C@@H]1CCCN1Cc1cc(C(F)(F)F)ccc1-c1cc(Oc2cccc3sc(N)nc23)ncn1. The summed E-state index contributed by atoms with van der Waals surface area (Å²) in [6.45, 7) is 3.37. The van der Waals surface area contributed by atoms with Crippen LogP contribution >= 0.6 is 11.3 Å². The Labute approximate surface area is 198 Å². The van der Waals surface area contributed by atoms with Gasteiger partial charge in [0.25, 0.3) is 0 Å². The van der Waals surface area contributed by atoms with E-state index in [1.54, 1.807) is 12.1 Å². The summed E-state index contributed by atoms with van der Waals surface area (Å²) in [5, 5.41) is 0.431. The van der Waals surface area contributed by atoms with Gasteiger partial charge in [-0.2, -0.15) is 13.2 Å². The highest BCUT2D eigenvalue weighted by Gasteiger charge is 2.32. The number of para-hydroxylation sites is 1. The van der Waals surface area contributed by atoms with Crippen LogP contribution in [0.2, 0.25) is 0 Å². The van der Waals surface area contributed by atoms with E-state index >= 15 is 0 Å². The first-order valence-corrected chi connectivity index (χ1v) is 11.7. The number of hydrogen-bond acceptors (Lipinski definition) is 7. The molecule has 0 amide bonds. The maximum atomic E-state index is 13.5. The molecule has 176 valence electrons. The molecule has 0 radical (unpaired) electrons. The van der Waals surface area contributed by atoms with Crippen LogP contribution in [0.5, 0.6) is 11.6 Å². The third kappa shape index (κ3) is 4.55. The van der Waals surface area contributed by atoms with Gasteiger partial charge in [0.1, 0.15) is 11.8 Å². The van der Waals surface area contributed by atoms with Gasteiger partial charge >= 0.3 is 6.18 Å². The highest BCUT2D eigenvalue weighted by Crippen LogP contribution is 2.36. The van der Waals surface area contributed by atoms with Gasteiger partial charge < -0.3 is 10.5 Å². The maximum Gasteiger partial charge on any atom is 0.416 e. The van der Waals surface area contributed by atoms with Crippen molar-refractivity contribution in [3.8, 4) is 22.9 Å². The normalized spacial score (nSPS) is 16.9. The first kappa shape index (κ1) is 22.5. The molecule has 5 rings (SSSR count). The standard InChI is InChI=1S/C24H22F3N5OS/c1-14-4-3-9-32(14)12-15-10-16(24(25,26)27)7-8-17(15)18-11-21(30-13-29-18)33-19-5-2-6-20-22(19)31-23(28)34-20/h2,5-8,10-11,13-14H,3-4,9,12H2,1H3,(H2,28,31)/t14-/m1/s1. The molecule has 1 aliphatic rings. The predicted molar refractivity (Wildman–Crippen MR) is 126 cm³/mol. The van der Waals surface area contributed by atoms with Crippen molar-refractivity contribution in [3.05, 3.63) is 59.9 Å². The third-order valence-electron chi connectivity index (χ3n) is 6.03. The molecule has 0 bridgehead atoms. The average molecular weight is 486 g/mol. The Hall–Kier alpha value is -3.24. The number of hydrogen-bond donors (Lipinski definition) is 1. The summed E-state index contributed by atoms with van der Waals surface area (Å²) in [5.41, 5.74) is 7.47. The molecular weight excluding hydrogens is 463 g/mol. The molecule has 2 aromatic carbocycles. The monoisotopic (exact) mass is 485 g/mol. The fraction of sp³-hybridized carbons (Fsp3) is 0.292. The van der Waals surface area contributed by atoms with Crippen LogP contribution in [0.25, 0.3) is 21.5 Å². The van der Waals surface area contributed by atoms with Gasteiger partial charge in [-0.3, -0.25) is 4.90 Å². The molecule has 4 aromatic rings. The van der Waals surface area contributed by atoms with Crippen molar-refractivity contribution < 1.29 is 17.9 Å². The Balaban J connectivity index is 1.51. The number of nitrogen functional groups attached to an aromatic ring is 1. The van der Waals surface area contributed by atoms with E-state index in [1.807, 2.05) is 12.1 Å². The molecule has 0 aliphatic carbocycles. The first-order valence-electron chi connectivity index (χ1n) is 10.9. The molecule has 0 unspecified atom stereocenters. The van der Waals surface area contributed by atoms with E-state index in [9.17, 15) is 13.2 Å². The Bertz CT molecular complexity index is 1340. The second kappa shape index (κ2) is 8.84. The number of nitrogens with two attached hydrogens (primary N) is 1. The molecule has 1 atom stereocenters. The highest BCUT2D eigenvalue weighted by molar-refractivity contribution is 7.22.